The number of nitriles is 2. The van der Waals surface area contributed by atoms with E-state index in [1.165, 1.54) is 23.5 Å². The number of thioether (sulfide) groups is 2. The van der Waals surface area contributed by atoms with Crippen molar-refractivity contribution < 1.29 is 14.3 Å². The molecule has 1 aliphatic carbocycles. The summed E-state index contributed by atoms with van der Waals surface area (Å²) in [6, 6.07) is 43.5. The maximum atomic E-state index is 13.8. The molecule has 0 saturated carbocycles. The molecular formula is C45H28N4O3S2. The van der Waals surface area contributed by atoms with Crippen molar-refractivity contribution >= 4 is 52.0 Å². The number of hydrogen-bond donors (Lipinski definition) is 2. The van der Waals surface area contributed by atoms with Crippen molar-refractivity contribution in [3.8, 4) is 17.9 Å². The van der Waals surface area contributed by atoms with Crippen LogP contribution in [0.5, 0.6) is 5.75 Å². The smallest absolute Gasteiger partial charge is 0.339 e. The van der Waals surface area contributed by atoms with Gasteiger partial charge in [0, 0.05) is 32.4 Å². The molecule has 1 unspecified atom stereocenters. The van der Waals surface area contributed by atoms with Crippen LogP contribution in [0.1, 0.15) is 32.6 Å². The maximum absolute atomic E-state index is 13.8. The standard InChI is InChI=1S/C45H28N4O3S2/c46-24-34(43-48-36-14-6-8-16-40(36)53-43)28-18-20-32-38(22-28)52-39-23-29(35(25-47)44-49-37-15-7-9-17-41(37)54-44)19-21-33(39)42(32)30-12-4-5-13-31(30)45(50)51-26-27-10-2-1-3-11-27/h1-23,28,48-49H,26H2/b43-34-,44-35-. The highest BCUT2D eigenvalue weighted by Gasteiger charge is 2.32. The summed E-state index contributed by atoms with van der Waals surface area (Å²) < 4.78 is 12.6. The van der Waals surface area contributed by atoms with Crippen LogP contribution in [0.2, 0.25) is 0 Å². The zero-order valence-corrected chi connectivity index (χ0v) is 30.1. The average molecular weight is 737 g/mol. The fourth-order valence-electron chi connectivity index (χ4n) is 6.86. The topological polar surface area (TPSA) is 107 Å². The molecule has 4 aliphatic rings. The molecule has 0 saturated heterocycles. The second-order valence-electron chi connectivity index (χ2n) is 12.7. The lowest BCUT2D eigenvalue weighted by atomic mass is 9.82. The molecule has 0 amide bonds. The van der Waals surface area contributed by atoms with Crippen molar-refractivity contribution in [2.45, 2.75) is 16.4 Å². The zero-order valence-electron chi connectivity index (χ0n) is 28.5. The molecular weight excluding hydrogens is 709 g/mol. The molecule has 0 spiro atoms. The molecule has 3 aliphatic heterocycles. The van der Waals surface area contributed by atoms with E-state index in [9.17, 15) is 15.3 Å². The van der Waals surface area contributed by atoms with E-state index < -0.39 is 5.97 Å². The number of nitrogens with one attached hydrogen (secondary N) is 2. The van der Waals surface area contributed by atoms with E-state index in [1.807, 2.05) is 133 Å². The zero-order chi connectivity index (χ0) is 36.6. The van der Waals surface area contributed by atoms with Crippen LogP contribution in [0.25, 0.3) is 11.1 Å². The number of fused-ring (bicyclic) bond motifs is 4. The Bertz CT molecular complexity index is 2590. The number of carbonyl (C=O) groups is 1. The Hall–Kier alpha value is -6.65. The second kappa shape index (κ2) is 14.1. The molecule has 3 heterocycles. The second-order valence-corrected chi connectivity index (χ2v) is 14.8. The lowest BCUT2D eigenvalue weighted by Crippen LogP contribution is -2.17. The number of anilines is 2. The van der Waals surface area contributed by atoms with Gasteiger partial charge in [-0.1, -0.05) is 115 Å². The third-order valence-corrected chi connectivity index (χ3v) is 11.6. The van der Waals surface area contributed by atoms with E-state index in [0.717, 1.165) is 53.5 Å². The Morgan fingerprint density at radius 1 is 0.759 bits per heavy atom. The third-order valence-electron chi connectivity index (χ3n) is 9.46. The fourth-order valence-corrected chi connectivity index (χ4v) is 8.93. The van der Waals surface area contributed by atoms with Crippen LogP contribution in [-0.4, -0.2) is 5.97 Å². The van der Waals surface area contributed by atoms with Gasteiger partial charge in [0.25, 0.3) is 0 Å². The van der Waals surface area contributed by atoms with Crippen molar-refractivity contribution in [1.29, 1.82) is 10.5 Å². The first kappa shape index (κ1) is 33.2. The summed E-state index contributed by atoms with van der Waals surface area (Å²) in [6.07, 6.45) is 5.92. The molecule has 54 heavy (non-hydrogen) atoms. The fraction of sp³-hybridized carbons (Fsp3) is 0.0444. The summed E-state index contributed by atoms with van der Waals surface area (Å²) in [5.41, 5.74) is 7.96. The SMILES string of the molecule is N#C/C(=C1\Nc2ccccc2S1)c1ccc2c(c1)OC1=CC(/C(C#N)=C3/Nc4ccccc4S3)C=CC1=C2c1ccccc1C(=O)OCc1ccccc1. The number of allylic oxidation sites excluding steroid dienone is 5. The Morgan fingerprint density at radius 2 is 1.44 bits per heavy atom. The van der Waals surface area contributed by atoms with Gasteiger partial charge < -0.3 is 20.1 Å². The minimum atomic E-state index is -0.448. The molecule has 258 valence electrons. The summed E-state index contributed by atoms with van der Waals surface area (Å²) in [6.45, 7) is 0.138. The molecule has 9 rings (SSSR count). The van der Waals surface area contributed by atoms with Crippen molar-refractivity contribution in [3.63, 3.8) is 0 Å². The van der Waals surface area contributed by atoms with Crippen LogP contribution in [-0.2, 0) is 11.3 Å². The van der Waals surface area contributed by atoms with Crippen LogP contribution in [0.4, 0.5) is 11.4 Å². The predicted molar refractivity (Wildman–Crippen MR) is 213 cm³/mol. The number of nitrogens with zero attached hydrogens (tertiary/aromatic N) is 2. The van der Waals surface area contributed by atoms with E-state index >= 15 is 0 Å². The average Bonchev–Trinajstić information content (AvgIpc) is 3.84. The van der Waals surface area contributed by atoms with Crippen LogP contribution < -0.4 is 15.4 Å². The molecule has 0 aromatic heterocycles. The summed E-state index contributed by atoms with van der Waals surface area (Å²) in [5.74, 6) is 0.246. The first-order valence-electron chi connectivity index (χ1n) is 17.2. The summed E-state index contributed by atoms with van der Waals surface area (Å²) in [5, 5.41) is 29.2. The maximum Gasteiger partial charge on any atom is 0.339 e. The molecule has 5 aromatic carbocycles. The first-order valence-corrected chi connectivity index (χ1v) is 18.9. The Balaban J connectivity index is 1.15. The van der Waals surface area contributed by atoms with Crippen molar-refractivity contribution in [2.75, 3.05) is 10.6 Å². The summed E-state index contributed by atoms with van der Waals surface area (Å²) in [4.78, 5) is 15.9. The van der Waals surface area contributed by atoms with Gasteiger partial charge >= 0.3 is 5.97 Å². The van der Waals surface area contributed by atoms with Gasteiger partial charge in [0.15, 0.2) is 0 Å². The Morgan fingerprint density at radius 3 is 2.19 bits per heavy atom. The monoisotopic (exact) mass is 736 g/mol. The van der Waals surface area contributed by atoms with E-state index in [1.54, 1.807) is 6.07 Å². The van der Waals surface area contributed by atoms with Gasteiger partial charge in [-0.15, -0.1) is 0 Å². The lowest BCUT2D eigenvalue weighted by Gasteiger charge is -2.29. The molecule has 0 radical (unpaired) electrons. The van der Waals surface area contributed by atoms with Gasteiger partial charge in [0.1, 0.15) is 24.2 Å². The van der Waals surface area contributed by atoms with Gasteiger partial charge in [-0.2, -0.15) is 10.5 Å². The number of carbonyl (C=O) groups excluding carboxylic acids is 1. The van der Waals surface area contributed by atoms with Crippen LogP contribution in [0.15, 0.2) is 176 Å². The number of ether oxygens (including phenoxy) is 2. The predicted octanol–water partition coefficient (Wildman–Crippen LogP) is 10.7. The van der Waals surface area contributed by atoms with Crippen LogP contribution in [0, 0.1) is 28.6 Å². The van der Waals surface area contributed by atoms with E-state index in [-0.39, 0.29) is 12.5 Å². The number of esters is 1. The highest BCUT2D eigenvalue weighted by Crippen LogP contribution is 2.49. The molecule has 5 aromatic rings. The molecule has 0 bridgehead atoms. The van der Waals surface area contributed by atoms with Gasteiger partial charge in [0.05, 0.1) is 44.2 Å². The van der Waals surface area contributed by atoms with Crippen molar-refractivity contribution in [2.24, 2.45) is 5.92 Å². The Labute approximate surface area is 320 Å². The van der Waals surface area contributed by atoms with Gasteiger partial charge in [-0.25, -0.2) is 4.79 Å². The van der Waals surface area contributed by atoms with Crippen molar-refractivity contribution in [3.05, 3.63) is 194 Å². The molecule has 9 heteroatoms. The minimum Gasteiger partial charge on any atom is -0.457 e. The van der Waals surface area contributed by atoms with Gasteiger partial charge in [0.2, 0.25) is 0 Å². The van der Waals surface area contributed by atoms with Crippen molar-refractivity contribution in [1.82, 2.24) is 0 Å². The third kappa shape index (κ3) is 6.06. The first-order chi connectivity index (χ1) is 26.6. The highest BCUT2D eigenvalue weighted by molar-refractivity contribution is 8.04. The number of benzene rings is 5. The largest absolute Gasteiger partial charge is 0.457 e. The van der Waals surface area contributed by atoms with E-state index in [0.29, 0.717) is 39.3 Å². The van der Waals surface area contributed by atoms with E-state index in [4.69, 9.17) is 9.47 Å². The van der Waals surface area contributed by atoms with Crippen LogP contribution in [0.3, 0.4) is 0 Å². The molecule has 2 N–H and O–H groups in total. The highest BCUT2D eigenvalue weighted by atomic mass is 32.2. The summed E-state index contributed by atoms with van der Waals surface area (Å²) >= 11 is 3.05. The van der Waals surface area contributed by atoms with Gasteiger partial charge in [-0.3, -0.25) is 0 Å². The number of rotatable bonds is 6. The van der Waals surface area contributed by atoms with Gasteiger partial charge in [-0.05, 0) is 65.2 Å². The van der Waals surface area contributed by atoms with E-state index in [2.05, 4.69) is 22.8 Å². The number of hydrogen-bond acceptors (Lipinski definition) is 9. The molecule has 1 atom stereocenters. The normalized spacial score (nSPS) is 17.9. The quantitative estimate of drug-likeness (QED) is 0.130. The lowest BCUT2D eigenvalue weighted by molar-refractivity contribution is 0.0472. The molecule has 0 fully saturated rings. The molecule has 7 nitrogen and oxygen atoms in total. The summed E-state index contributed by atoms with van der Waals surface area (Å²) in [7, 11) is 0. The Kier molecular flexibility index (Phi) is 8.64. The minimum absolute atomic E-state index is 0.138. The van der Waals surface area contributed by atoms with Crippen LogP contribution >= 0.6 is 23.5 Å². The number of para-hydroxylation sites is 2.